The van der Waals surface area contributed by atoms with Crippen LogP contribution in [0.25, 0.3) is 10.2 Å². The van der Waals surface area contributed by atoms with Crippen LogP contribution >= 0.6 is 34.9 Å². The van der Waals surface area contributed by atoms with Crippen LogP contribution in [0.4, 0.5) is 5.13 Å². The first kappa shape index (κ1) is 19.8. The van der Waals surface area contributed by atoms with Gasteiger partial charge in [0.15, 0.2) is 5.13 Å². The molecular formula is C21H22N2O2S3. The highest BCUT2D eigenvalue weighted by Gasteiger charge is 2.27. The lowest BCUT2D eigenvalue weighted by atomic mass is 10.2. The van der Waals surface area contributed by atoms with Gasteiger partial charge in [-0.05, 0) is 61.8 Å². The first-order valence-corrected chi connectivity index (χ1v) is 12.5. The van der Waals surface area contributed by atoms with Crippen molar-refractivity contribution in [3.63, 3.8) is 0 Å². The summed E-state index contributed by atoms with van der Waals surface area (Å²) in [6, 6.07) is 14.0. The number of aromatic nitrogens is 1. The molecule has 2 aromatic carbocycles. The number of carbonyl (C=O) groups is 1. The molecule has 2 heterocycles. The van der Waals surface area contributed by atoms with Gasteiger partial charge in [0.25, 0.3) is 5.91 Å². The molecule has 1 amide bonds. The minimum atomic E-state index is -0.0180. The summed E-state index contributed by atoms with van der Waals surface area (Å²) >= 11 is 4.92. The molecule has 1 saturated heterocycles. The lowest BCUT2D eigenvalue weighted by molar-refractivity contribution is 0.0917. The van der Waals surface area contributed by atoms with E-state index in [1.165, 1.54) is 4.90 Å². The highest BCUT2D eigenvalue weighted by atomic mass is 32.2. The topological polar surface area (TPSA) is 42.4 Å². The van der Waals surface area contributed by atoms with Crippen molar-refractivity contribution < 1.29 is 9.53 Å². The number of benzene rings is 2. The van der Waals surface area contributed by atoms with Gasteiger partial charge < -0.3 is 4.74 Å². The zero-order valence-corrected chi connectivity index (χ0v) is 18.3. The molecule has 0 N–H and O–H groups in total. The third-order valence-corrected chi connectivity index (χ3v) is 7.28. The minimum absolute atomic E-state index is 0.0180. The molecule has 7 heteroatoms. The van der Waals surface area contributed by atoms with Crippen molar-refractivity contribution in [2.75, 3.05) is 30.6 Å². The van der Waals surface area contributed by atoms with Crippen LogP contribution in [0, 0.1) is 0 Å². The Morgan fingerprint density at radius 1 is 1.21 bits per heavy atom. The molecule has 1 aliphatic rings. The van der Waals surface area contributed by atoms with Crippen molar-refractivity contribution in [1.82, 2.24) is 4.98 Å². The number of rotatable bonds is 6. The Balaban J connectivity index is 1.71. The molecule has 1 aliphatic heterocycles. The van der Waals surface area contributed by atoms with Crippen LogP contribution in [0.3, 0.4) is 0 Å². The van der Waals surface area contributed by atoms with E-state index in [1.54, 1.807) is 39.8 Å². The second-order valence-electron chi connectivity index (χ2n) is 6.61. The largest absolute Gasteiger partial charge is 0.376 e. The highest BCUT2D eigenvalue weighted by Crippen LogP contribution is 2.33. The molecule has 0 radical (unpaired) electrons. The molecule has 0 aliphatic carbocycles. The highest BCUT2D eigenvalue weighted by molar-refractivity contribution is 7.98. The summed E-state index contributed by atoms with van der Waals surface area (Å²) < 4.78 is 6.92. The van der Waals surface area contributed by atoms with Crippen molar-refractivity contribution in [3.8, 4) is 0 Å². The molecule has 0 bridgehead atoms. The summed E-state index contributed by atoms with van der Waals surface area (Å²) in [5.74, 6) is -0.0180. The molecule has 0 spiro atoms. The van der Waals surface area contributed by atoms with Gasteiger partial charge in [0.05, 0.1) is 22.9 Å². The van der Waals surface area contributed by atoms with Crippen LogP contribution in [-0.2, 0) is 4.74 Å². The van der Waals surface area contributed by atoms with E-state index in [1.807, 2.05) is 36.6 Å². The number of hydrogen-bond donors (Lipinski definition) is 0. The minimum Gasteiger partial charge on any atom is -0.376 e. The SMILES string of the molecule is CSc1cccc(C(=O)N(CC2CCCO2)c2nc3ccc(SC)cc3s2)c1. The van der Waals surface area contributed by atoms with Crippen molar-refractivity contribution in [2.24, 2.45) is 0 Å². The van der Waals surface area contributed by atoms with Crippen molar-refractivity contribution in [1.29, 1.82) is 0 Å². The standard InChI is InChI=1S/C21H22N2O2S3/c1-26-16-7-3-5-14(11-16)20(24)23(13-15-6-4-10-25-15)21-22-18-9-8-17(27-2)12-19(18)28-21/h3,5,7-9,11-12,15H,4,6,10,13H2,1-2H3. The van der Waals surface area contributed by atoms with E-state index < -0.39 is 0 Å². The van der Waals surface area contributed by atoms with Crippen LogP contribution in [0.15, 0.2) is 52.3 Å². The van der Waals surface area contributed by atoms with E-state index in [0.717, 1.165) is 39.7 Å². The van der Waals surface area contributed by atoms with E-state index in [9.17, 15) is 4.79 Å². The Labute approximate surface area is 177 Å². The number of ether oxygens (including phenoxy) is 1. The van der Waals surface area contributed by atoms with Gasteiger partial charge in [0, 0.05) is 22.0 Å². The van der Waals surface area contributed by atoms with Crippen LogP contribution in [0.5, 0.6) is 0 Å². The average molecular weight is 431 g/mol. The second kappa shape index (κ2) is 8.86. The van der Waals surface area contributed by atoms with Crippen molar-refractivity contribution in [2.45, 2.75) is 28.7 Å². The van der Waals surface area contributed by atoms with E-state index in [0.29, 0.717) is 12.1 Å². The Morgan fingerprint density at radius 3 is 2.79 bits per heavy atom. The van der Waals surface area contributed by atoms with Gasteiger partial charge in [-0.3, -0.25) is 9.69 Å². The van der Waals surface area contributed by atoms with Gasteiger partial charge in [-0.15, -0.1) is 23.5 Å². The third-order valence-electron chi connectivity index (χ3n) is 4.79. The fraction of sp³-hybridized carbons (Fsp3) is 0.333. The number of fused-ring (bicyclic) bond motifs is 1. The number of nitrogens with zero attached hydrogens (tertiary/aromatic N) is 2. The van der Waals surface area contributed by atoms with Gasteiger partial charge in [0.2, 0.25) is 0 Å². The van der Waals surface area contributed by atoms with Crippen LogP contribution in [0.1, 0.15) is 23.2 Å². The molecule has 3 aromatic rings. The predicted octanol–water partition coefficient (Wildman–Crippen LogP) is 5.57. The Morgan fingerprint density at radius 2 is 2.04 bits per heavy atom. The molecule has 146 valence electrons. The van der Waals surface area contributed by atoms with Gasteiger partial charge in [0.1, 0.15) is 0 Å². The molecule has 1 fully saturated rings. The number of thioether (sulfide) groups is 2. The Hall–Kier alpha value is -1.54. The van der Waals surface area contributed by atoms with Gasteiger partial charge in [-0.1, -0.05) is 17.4 Å². The third kappa shape index (κ3) is 4.22. The average Bonchev–Trinajstić information content (AvgIpc) is 3.40. The summed E-state index contributed by atoms with van der Waals surface area (Å²) in [6.45, 7) is 1.31. The molecule has 4 nitrogen and oxygen atoms in total. The first-order valence-electron chi connectivity index (χ1n) is 9.20. The number of hydrogen-bond acceptors (Lipinski definition) is 6. The maximum absolute atomic E-state index is 13.4. The lowest BCUT2D eigenvalue weighted by Crippen LogP contribution is -2.37. The zero-order valence-electron chi connectivity index (χ0n) is 15.9. The second-order valence-corrected chi connectivity index (χ2v) is 9.38. The molecular weight excluding hydrogens is 408 g/mol. The molecule has 28 heavy (non-hydrogen) atoms. The number of thiazole rings is 1. The first-order chi connectivity index (χ1) is 13.7. The van der Waals surface area contributed by atoms with Crippen LogP contribution < -0.4 is 4.90 Å². The maximum Gasteiger partial charge on any atom is 0.260 e. The van der Waals surface area contributed by atoms with E-state index in [2.05, 4.69) is 18.4 Å². The quantitative estimate of drug-likeness (QED) is 0.479. The molecule has 4 rings (SSSR count). The fourth-order valence-electron chi connectivity index (χ4n) is 3.29. The van der Waals surface area contributed by atoms with E-state index >= 15 is 0 Å². The molecule has 1 unspecified atom stereocenters. The summed E-state index contributed by atoms with van der Waals surface area (Å²) in [5, 5.41) is 0.739. The van der Waals surface area contributed by atoms with E-state index in [-0.39, 0.29) is 12.0 Å². The Bertz CT molecular complexity index is 983. The molecule has 0 saturated carbocycles. The number of amides is 1. The number of anilines is 1. The summed E-state index contributed by atoms with van der Waals surface area (Å²) in [4.78, 5) is 22.3. The summed E-state index contributed by atoms with van der Waals surface area (Å²) in [6.07, 6.45) is 6.18. The van der Waals surface area contributed by atoms with Gasteiger partial charge in [-0.25, -0.2) is 4.98 Å². The van der Waals surface area contributed by atoms with Crippen molar-refractivity contribution in [3.05, 3.63) is 48.0 Å². The van der Waals surface area contributed by atoms with Crippen LogP contribution in [0.2, 0.25) is 0 Å². The van der Waals surface area contributed by atoms with Gasteiger partial charge >= 0.3 is 0 Å². The molecule has 1 atom stereocenters. The van der Waals surface area contributed by atoms with Crippen molar-refractivity contribution >= 4 is 56.1 Å². The smallest absolute Gasteiger partial charge is 0.260 e. The summed E-state index contributed by atoms with van der Waals surface area (Å²) in [5.41, 5.74) is 1.62. The number of carbonyl (C=O) groups excluding carboxylic acids is 1. The molecule has 1 aromatic heterocycles. The maximum atomic E-state index is 13.4. The van der Waals surface area contributed by atoms with E-state index in [4.69, 9.17) is 9.72 Å². The monoisotopic (exact) mass is 430 g/mol. The van der Waals surface area contributed by atoms with Crippen LogP contribution in [-0.4, -0.2) is 42.7 Å². The summed E-state index contributed by atoms with van der Waals surface area (Å²) in [7, 11) is 0. The lowest BCUT2D eigenvalue weighted by Gasteiger charge is -2.23. The zero-order chi connectivity index (χ0) is 19.5. The van der Waals surface area contributed by atoms with Gasteiger partial charge in [-0.2, -0.15) is 0 Å². The normalized spacial score (nSPS) is 16.6. The Kier molecular flexibility index (Phi) is 6.25. The predicted molar refractivity (Wildman–Crippen MR) is 120 cm³/mol. The fourth-order valence-corrected chi connectivity index (χ4v) is 5.27.